The van der Waals surface area contributed by atoms with Crippen LogP contribution in [0.2, 0.25) is 10.0 Å². The standard InChI is InChI=1S/C11H11Cl2NO3S/c1-5(11(16)17)14-10(15)6-3-9(18-2)8(13)4-7(6)12/h3-5H,1-2H3,(H,14,15)(H,16,17)/t5-/m1/s1. The van der Waals surface area contributed by atoms with E-state index in [-0.39, 0.29) is 10.6 Å². The highest BCUT2D eigenvalue weighted by atomic mass is 35.5. The van der Waals surface area contributed by atoms with E-state index in [9.17, 15) is 9.59 Å². The first-order valence-electron chi connectivity index (χ1n) is 4.93. The lowest BCUT2D eigenvalue weighted by Gasteiger charge is -2.11. The van der Waals surface area contributed by atoms with E-state index in [1.807, 2.05) is 6.26 Å². The molecule has 0 aliphatic heterocycles. The molecule has 7 heteroatoms. The molecule has 0 spiro atoms. The fraction of sp³-hybridized carbons (Fsp3) is 0.273. The van der Waals surface area contributed by atoms with Gasteiger partial charge in [0.05, 0.1) is 15.6 Å². The van der Waals surface area contributed by atoms with Gasteiger partial charge in [0.15, 0.2) is 0 Å². The van der Waals surface area contributed by atoms with Crippen molar-refractivity contribution in [3.05, 3.63) is 27.7 Å². The summed E-state index contributed by atoms with van der Waals surface area (Å²) in [4.78, 5) is 23.2. The Kier molecular flexibility index (Phi) is 5.31. The second kappa shape index (κ2) is 6.31. The number of thioether (sulfide) groups is 1. The minimum Gasteiger partial charge on any atom is -0.480 e. The topological polar surface area (TPSA) is 66.4 Å². The largest absolute Gasteiger partial charge is 0.480 e. The summed E-state index contributed by atoms with van der Waals surface area (Å²) in [7, 11) is 0. The molecule has 0 aliphatic rings. The molecule has 0 bridgehead atoms. The number of hydrogen-bond donors (Lipinski definition) is 2. The Morgan fingerprint density at radius 2 is 1.94 bits per heavy atom. The normalized spacial score (nSPS) is 12.0. The number of carbonyl (C=O) groups excluding carboxylic acids is 1. The molecule has 98 valence electrons. The summed E-state index contributed by atoms with van der Waals surface area (Å²) in [6, 6.07) is 2.02. The third kappa shape index (κ3) is 3.54. The number of carbonyl (C=O) groups is 2. The molecule has 1 rings (SSSR count). The van der Waals surface area contributed by atoms with Crippen molar-refractivity contribution >= 4 is 46.8 Å². The first-order chi connectivity index (χ1) is 8.36. The first-order valence-corrected chi connectivity index (χ1v) is 6.91. The van der Waals surface area contributed by atoms with Crippen molar-refractivity contribution in [2.75, 3.05) is 6.26 Å². The van der Waals surface area contributed by atoms with E-state index in [2.05, 4.69) is 5.32 Å². The average Bonchev–Trinajstić information content (AvgIpc) is 2.28. The summed E-state index contributed by atoms with van der Waals surface area (Å²) in [5.41, 5.74) is 0.207. The smallest absolute Gasteiger partial charge is 0.325 e. The van der Waals surface area contributed by atoms with Crippen LogP contribution in [-0.2, 0) is 4.79 Å². The summed E-state index contributed by atoms with van der Waals surface area (Å²) < 4.78 is 0. The van der Waals surface area contributed by atoms with Crippen LogP contribution in [0.1, 0.15) is 17.3 Å². The monoisotopic (exact) mass is 307 g/mol. The van der Waals surface area contributed by atoms with E-state index in [0.29, 0.717) is 9.92 Å². The van der Waals surface area contributed by atoms with Crippen molar-refractivity contribution in [1.82, 2.24) is 5.32 Å². The lowest BCUT2D eigenvalue weighted by atomic mass is 10.2. The van der Waals surface area contributed by atoms with E-state index < -0.39 is 17.9 Å². The van der Waals surface area contributed by atoms with Gasteiger partial charge < -0.3 is 10.4 Å². The molecule has 0 saturated heterocycles. The molecule has 0 unspecified atom stereocenters. The number of amides is 1. The Balaban J connectivity index is 3.02. The molecule has 4 nitrogen and oxygen atoms in total. The fourth-order valence-electron chi connectivity index (χ4n) is 1.20. The van der Waals surface area contributed by atoms with Crippen LogP contribution in [-0.4, -0.2) is 29.3 Å². The van der Waals surface area contributed by atoms with Gasteiger partial charge in [-0.05, 0) is 25.3 Å². The Hall–Kier alpha value is -0.910. The van der Waals surface area contributed by atoms with Gasteiger partial charge in [-0.3, -0.25) is 9.59 Å². The first kappa shape index (κ1) is 15.1. The summed E-state index contributed by atoms with van der Waals surface area (Å²) in [6.45, 7) is 1.37. The maximum absolute atomic E-state index is 11.8. The minimum atomic E-state index is -1.11. The Bertz CT molecular complexity index is 493. The molecule has 2 N–H and O–H groups in total. The van der Waals surface area contributed by atoms with Gasteiger partial charge in [-0.2, -0.15) is 0 Å². The minimum absolute atomic E-state index is 0.188. The van der Waals surface area contributed by atoms with E-state index in [1.54, 1.807) is 6.07 Å². The lowest BCUT2D eigenvalue weighted by Crippen LogP contribution is -2.38. The van der Waals surface area contributed by atoms with Crippen LogP contribution in [0.3, 0.4) is 0 Å². The molecule has 0 radical (unpaired) electrons. The second-order valence-corrected chi connectivity index (χ2v) is 5.16. The molecule has 0 heterocycles. The van der Waals surface area contributed by atoms with Gasteiger partial charge in [0.25, 0.3) is 5.91 Å². The molecule has 1 aromatic carbocycles. The highest BCUT2D eigenvalue weighted by Crippen LogP contribution is 2.31. The van der Waals surface area contributed by atoms with Gasteiger partial charge in [-0.15, -0.1) is 11.8 Å². The summed E-state index contributed by atoms with van der Waals surface area (Å²) in [5, 5.41) is 11.7. The van der Waals surface area contributed by atoms with Crippen LogP contribution in [0.25, 0.3) is 0 Å². The number of aliphatic carboxylic acids is 1. The van der Waals surface area contributed by atoms with Crippen molar-refractivity contribution in [1.29, 1.82) is 0 Å². The van der Waals surface area contributed by atoms with Crippen LogP contribution in [0.5, 0.6) is 0 Å². The highest BCUT2D eigenvalue weighted by molar-refractivity contribution is 7.98. The molecular weight excluding hydrogens is 297 g/mol. The Labute approximate surface area is 119 Å². The lowest BCUT2D eigenvalue weighted by molar-refractivity contribution is -0.138. The van der Waals surface area contributed by atoms with E-state index >= 15 is 0 Å². The van der Waals surface area contributed by atoms with Crippen molar-refractivity contribution in [2.45, 2.75) is 17.9 Å². The molecule has 0 fully saturated rings. The number of nitrogens with one attached hydrogen (secondary N) is 1. The SMILES string of the molecule is CSc1cc(C(=O)N[C@H](C)C(=O)O)c(Cl)cc1Cl. The molecule has 0 aliphatic carbocycles. The van der Waals surface area contributed by atoms with E-state index in [0.717, 1.165) is 0 Å². The Morgan fingerprint density at radius 3 is 2.44 bits per heavy atom. The fourth-order valence-corrected chi connectivity index (χ4v) is 2.39. The van der Waals surface area contributed by atoms with Crippen molar-refractivity contribution in [3.63, 3.8) is 0 Å². The zero-order valence-corrected chi connectivity index (χ0v) is 12.0. The van der Waals surface area contributed by atoms with E-state index in [1.165, 1.54) is 24.8 Å². The number of carboxylic acid groups (broad SMARTS) is 1. The van der Waals surface area contributed by atoms with Crippen molar-refractivity contribution < 1.29 is 14.7 Å². The van der Waals surface area contributed by atoms with E-state index in [4.69, 9.17) is 28.3 Å². The van der Waals surface area contributed by atoms with Gasteiger partial charge in [0.2, 0.25) is 0 Å². The summed E-state index contributed by atoms with van der Waals surface area (Å²) in [6.07, 6.45) is 1.82. The number of hydrogen-bond acceptors (Lipinski definition) is 3. The number of benzene rings is 1. The van der Waals surface area contributed by atoms with Crippen LogP contribution < -0.4 is 5.32 Å². The molecule has 18 heavy (non-hydrogen) atoms. The zero-order valence-electron chi connectivity index (χ0n) is 9.66. The molecule has 0 saturated carbocycles. The third-order valence-electron chi connectivity index (χ3n) is 2.20. The van der Waals surface area contributed by atoms with Gasteiger partial charge in [-0.1, -0.05) is 23.2 Å². The second-order valence-electron chi connectivity index (χ2n) is 3.50. The molecule has 1 amide bonds. The number of carboxylic acids is 1. The summed E-state index contributed by atoms with van der Waals surface area (Å²) in [5.74, 6) is -1.65. The third-order valence-corrected chi connectivity index (χ3v) is 3.72. The average molecular weight is 308 g/mol. The molecule has 0 aromatic heterocycles. The zero-order chi connectivity index (χ0) is 13.9. The van der Waals surface area contributed by atoms with Crippen LogP contribution >= 0.6 is 35.0 Å². The maximum Gasteiger partial charge on any atom is 0.325 e. The predicted octanol–water partition coefficient (Wildman–Crippen LogP) is 2.92. The van der Waals surface area contributed by atoms with Gasteiger partial charge in [-0.25, -0.2) is 0 Å². The van der Waals surface area contributed by atoms with Gasteiger partial charge >= 0.3 is 5.97 Å². The van der Waals surface area contributed by atoms with Crippen molar-refractivity contribution in [2.24, 2.45) is 0 Å². The molecular formula is C11H11Cl2NO3S. The highest BCUT2D eigenvalue weighted by Gasteiger charge is 2.18. The maximum atomic E-state index is 11.8. The van der Waals surface area contributed by atoms with Gasteiger partial charge in [0, 0.05) is 4.90 Å². The number of halogens is 2. The van der Waals surface area contributed by atoms with Gasteiger partial charge in [0.1, 0.15) is 6.04 Å². The van der Waals surface area contributed by atoms with Crippen LogP contribution in [0.15, 0.2) is 17.0 Å². The Morgan fingerprint density at radius 1 is 1.33 bits per heavy atom. The number of rotatable bonds is 4. The molecule has 1 aromatic rings. The predicted molar refractivity (Wildman–Crippen MR) is 72.8 cm³/mol. The quantitative estimate of drug-likeness (QED) is 0.839. The molecule has 1 atom stereocenters. The van der Waals surface area contributed by atoms with Crippen LogP contribution in [0, 0.1) is 0 Å². The van der Waals surface area contributed by atoms with Crippen molar-refractivity contribution in [3.8, 4) is 0 Å². The van der Waals surface area contributed by atoms with Crippen LogP contribution in [0.4, 0.5) is 0 Å². The summed E-state index contributed by atoms with van der Waals surface area (Å²) >= 11 is 13.2.